The Morgan fingerprint density at radius 2 is 2.24 bits per heavy atom. The SMILES string of the molecule is O=C(C1CCCC1O)N1CCOC(c2cccc(F)c2)C1. The molecule has 2 fully saturated rings. The summed E-state index contributed by atoms with van der Waals surface area (Å²) >= 11 is 0. The summed E-state index contributed by atoms with van der Waals surface area (Å²) in [6.45, 7) is 1.40. The van der Waals surface area contributed by atoms with Crippen molar-refractivity contribution >= 4 is 5.91 Å². The van der Waals surface area contributed by atoms with E-state index < -0.39 is 6.10 Å². The van der Waals surface area contributed by atoms with Crippen molar-refractivity contribution in [2.75, 3.05) is 19.7 Å². The minimum Gasteiger partial charge on any atom is -0.392 e. The predicted molar refractivity (Wildman–Crippen MR) is 75.0 cm³/mol. The predicted octanol–water partition coefficient (Wildman–Crippen LogP) is 1.89. The van der Waals surface area contributed by atoms with Crippen molar-refractivity contribution in [3.63, 3.8) is 0 Å². The molecular weight excluding hydrogens is 273 g/mol. The highest BCUT2D eigenvalue weighted by atomic mass is 19.1. The summed E-state index contributed by atoms with van der Waals surface area (Å²) in [5.41, 5.74) is 0.750. The average molecular weight is 293 g/mol. The number of halogens is 1. The second-order valence-electron chi connectivity index (χ2n) is 5.80. The summed E-state index contributed by atoms with van der Waals surface area (Å²) in [5, 5.41) is 9.88. The summed E-state index contributed by atoms with van der Waals surface area (Å²) in [6.07, 6.45) is 1.54. The second kappa shape index (κ2) is 6.12. The molecule has 0 bridgehead atoms. The van der Waals surface area contributed by atoms with E-state index in [-0.39, 0.29) is 23.7 Å². The van der Waals surface area contributed by atoms with Crippen molar-refractivity contribution in [1.29, 1.82) is 0 Å². The first-order valence-corrected chi connectivity index (χ1v) is 7.49. The Hall–Kier alpha value is -1.46. The summed E-state index contributed by atoms with van der Waals surface area (Å²) in [5.74, 6) is -0.577. The maximum atomic E-state index is 13.3. The minimum absolute atomic E-state index is 0.00435. The molecule has 4 nitrogen and oxygen atoms in total. The number of nitrogens with zero attached hydrogens (tertiary/aromatic N) is 1. The molecule has 21 heavy (non-hydrogen) atoms. The molecule has 2 aliphatic rings. The van der Waals surface area contributed by atoms with Crippen LogP contribution in [-0.2, 0) is 9.53 Å². The Morgan fingerprint density at radius 3 is 2.95 bits per heavy atom. The van der Waals surface area contributed by atoms with Gasteiger partial charge in [0.15, 0.2) is 0 Å². The maximum Gasteiger partial charge on any atom is 0.228 e. The lowest BCUT2D eigenvalue weighted by Gasteiger charge is -2.35. The van der Waals surface area contributed by atoms with Gasteiger partial charge in [-0.25, -0.2) is 4.39 Å². The molecule has 3 unspecified atom stereocenters. The molecule has 114 valence electrons. The first-order chi connectivity index (χ1) is 10.1. The van der Waals surface area contributed by atoms with E-state index in [2.05, 4.69) is 0 Å². The molecule has 1 aliphatic carbocycles. The van der Waals surface area contributed by atoms with E-state index in [9.17, 15) is 14.3 Å². The number of hydrogen-bond acceptors (Lipinski definition) is 3. The molecule has 1 aromatic carbocycles. The molecule has 1 saturated heterocycles. The van der Waals surface area contributed by atoms with Crippen molar-refractivity contribution in [3.05, 3.63) is 35.6 Å². The number of rotatable bonds is 2. The Balaban J connectivity index is 1.69. The van der Waals surface area contributed by atoms with E-state index in [1.54, 1.807) is 11.0 Å². The number of aliphatic hydroxyl groups is 1. The van der Waals surface area contributed by atoms with Gasteiger partial charge in [0, 0.05) is 6.54 Å². The first kappa shape index (κ1) is 14.5. The highest BCUT2D eigenvalue weighted by molar-refractivity contribution is 5.80. The van der Waals surface area contributed by atoms with Crippen LogP contribution in [0.15, 0.2) is 24.3 Å². The molecule has 3 rings (SSSR count). The highest BCUT2D eigenvalue weighted by Gasteiger charge is 2.36. The number of benzene rings is 1. The molecule has 1 N–H and O–H groups in total. The fraction of sp³-hybridized carbons (Fsp3) is 0.562. The summed E-state index contributed by atoms with van der Waals surface area (Å²) in [7, 11) is 0. The molecule has 1 amide bonds. The molecule has 0 radical (unpaired) electrons. The van der Waals surface area contributed by atoms with Crippen molar-refractivity contribution in [3.8, 4) is 0 Å². The van der Waals surface area contributed by atoms with E-state index >= 15 is 0 Å². The third kappa shape index (κ3) is 3.09. The number of hydrogen-bond donors (Lipinski definition) is 1. The van der Waals surface area contributed by atoms with Gasteiger partial charge in [0.05, 0.1) is 25.2 Å². The van der Waals surface area contributed by atoms with Gasteiger partial charge in [-0.2, -0.15) is 0 Å². The number of carbonyl (C=O) groups is 1. The van der Waals surface area contributed by atoms with Gasteiger partial charge in [0.1, 0.15) is 11.9 Å². The van der Waals surface area contributed by atoms with Crippen LogP contribution < -0.4 is 0 Å². The fourth-order valence-corrected chi connectivity index (χ4v) is 3.22. The molecule has 1 saturated carbocycles. The number of aliphatic hydroxyl groups excluding tert-OH is 1. The van der Waals surface area contributed by atoms with Crippen LogP contribution in [0.4, 0.5) is 4.39 Å². The lowest BCUT2D eigenvalue weighted by Crippen LogP contribution is -2.46. The number of amides is 1. The van der Waals surface area contributed by atoms with Crippen LogP contribution in [-0.4, -0.2) is 41.7 Å². The third-order valence-electron chi connectivity index (χ3n) is 4.40. The van der Waals surface area contributed by atoms with Crippen LogP contribution in [0.1, 0.15) is 30.9 Å². The number of morpholine rings is 1. The highest BCUT2D eigenvalue weighted by Crippen LogP contribution is 2.30. The quantitative estimate of drug-likeness (QED) is 0.906. The van der Waals surface area contributed by atoms with Gasteiger partial charge in [-0.1, -0.05) is 12.1 Å². The third-order valence-corrected chi connectivity index (χ3v) is 4.40. The zero-order valence-electron chi connectivity index (χ0n) is 11.9. The fourth-order valence-electron chi connectivity index (χ4n) is 3.22. The molecule has 3 atom stereocenters. The second-order valence-corrected chi connectivity index (χ2v) is 5.80. The maximum absolute atomic E-state index is 13.3. The van der Waals surface area contributed by atoms with Gasteiger partial charge in [0.2, 0.25) is 5.91 Å². The smallest absolute Gasteiger partial charge is 0.228 e. The lowest BCUT2D eigenvalue weighted by molar-refractivity contribution is -0.146. The topological polar surface area (TPSA) is 49.8 Å². The van der Waals surface area contributed by atoms with E-state index in [4.69, 9.17) is 4.74 Å². The Kier molecular flexibility index (Phi) is 4.22. The number of ether oxygens (including phenoxy) is 1. The molecule has 0 spiro atoms. The van der Waals surface area contributed by atoms with Gasteiger partial charge in [-0.15, -0.1) is 0 Å². The van der Waals surface area contributed by atoms with Crippen molar-refractivity contribution in [2.45, 2.75) is 31.5 Å². The van der Waals surface area contributed by atoms with E-state index in [0.29, 0.717) is 26.1 Å². The van der Waals surface area contributed by atoms with Crippen LogP contribution >= 0.6 is 0 Å². The van der Waals surface area contributed by atoms with Gasteiger partial charge in [-0.05, 0) is 37.0 Å². The molecular formula is C16H20FNO3. The van der Waals surface area contributed by atoms with Gasteiger partial charge < -0.3 is 14.7 Å². The van der Waals surface area contributed by atoms with Crippen molar-refractivity contribution < 1.29 is 19.0 Å². The van der Waals surface area contributed by atoms with Crippen molar-refractivity contribution in [2.24, 2.45) is 5.92 Å². The Labute approximate surface area is 123 Å². The summed E-state index contributed by atoms with van der Waals surface area (Å²) < 4.78 is 19.0. The van der Waals surface area contributed by atoms with Crippen LogP contribution in [0.5, 0.6) is 0 Å². The first-order valence-electron chi connectivity index (χ1n) is 7.49. The monoisotopic (exact) mass is 293 g/mol. The normalized spacial score (nSPS) is 29.6. The van der Waals surface area contributed by atoms with E-state index in [1.807, 2.05) is 6.07 Å². The molecule has 1 aliphatic heterocycles. The van der Waals surface area contributed by atoms with Gasteiger partial charge >= 0.3 is 0 Å². The number of carbonyl (C=O) groups excluding carboxylic acids is 1. The van der Waals surface area contributed by atoms with Gasteiger partial charge in [0.25, 0.3) is 0 Å². The summed E-state index contributed by atoms with van der Waals surface area (Å²) in [6, 6.07) is 6.30. The standard InChI is InChI=1S/C16H20FNO3/c17-12-4-1-3-11(9-12)15-10-18(7-8-21-15)16(20)13-5-2-6-14(13)19/h1,3-4,9,13-15,19H,2,5-8,10H2. The molecule has 1 heterocycles. The molecule has 0 aromatic heterocycles. The minimum atomic E-state index is -0.520. The Morgan fingerprint density at radius 1 is 1.38 bits per heavy atom. The van der Waals surface area contributed by atoms with Gasteiger partial charge in [-0.3, -0.25) is 4.79 Å². The van der Waals surface area contributed by atoms with E-state index in [0.717, 1.165) is 18.4 Å². The van der Waals surface area contributed by atoms with E-state index in [1.165, 1.54) is 12.1 Å². The largest absolute Gasteiger partial charge is 0.392 e. The van der Waals surface area contributed by atoms with Crippen LogP contribution in [0, 0.1) is 11.7 Å². The van der Waals surface area contributed by atoms with Crippen molar-refractivity contribution in [1.82, 2.24) is 4.90 Å². The zero-order valence-corrected chi connectivity index (χ0v) is 11.9. The zero-order chi connectivity index (χ0) is 14.8. The summed E-state index contributed by atoms with van der Waals surface area (Å²) in [4.78, 5) is 14.2. The van der Waals surface area contributed by atoms with Crippen LogP contribution in [0.2, 0.25) is 0 Å². The van der Waals surface area contributed by atoms with Crippen LogP contribution in [0.25, 0.3) is 0 Å². The molecule has 1 aromatic rings. The molecule has 5 heteroatoms. The lowest BCUT2D eigenvalue weighted by atomic mass is 10.0. The Bertz CT molecular complexity index is 522. The average Bonchev–Trinajstić information content (AvgIpc) is 2.93. The van der Waals surface area contributed by atoms with Crippen LogP contribution in [0.3, 0.4) is 0 Å².